The van der Waals surface area contributed by atoms with Crippen LogP contribution in [0, 0.1) is 0 Å². The molecule has 0 spiro atoms. The van der Waals surface area contributed by atoms with Crippen molar-refractivity contribution in [1.82, 2.24) is 10.6 Å². The van der Waals surface area contributed by atoms with E-state index in [2.05, 4.69) is 20.4 Å². The summed E-state index contributed by atoms with van der Waals surface area (Å²) in [5, 5.41) is 4.81. The summed E-state index contributed by atoms with van der Waals surface area (Å²) in [4.78, 5) is 27.2. The lowest BCUT2D eigenvalue weighted by molar-refractivity contribution is -0.119. The van der Waals surface area contributed by atoms with E-state index in [4.69, 9.17) is 10.5 Å². The van der Waals surface area contributed by atoms with Crippen molar-refractivity contribution in [1.29, 1.82) is 0 Å². The summed E-state index contributed by atoms with van der Waals surface area (Å²) in [5.41, 5.74) is 6.67. The first-order valence-electron chi connectivity index (χ1n) is 7.87. The fourth-order valence-corrected chi connectivity index (χ4v) is 1.90. The third kappa shape index (κ3) is 5.52. The molecule has 2 rings (SSSR count). The number of amides is 2. The van der Waals surface area contributed by atoms with E-state index in [-0.39, 0.29) is 18.3 Å². The maximum absolute atomic E-state index is 11.6. The summed E-state index contributed by atoms with van der Waals surface area (Å²) in [6, 6.07) is 14.1. The SMILES string of the molecule is CCC(=O)NC(=Nc1ccc(Oc2ccccc2)cc1N)NC(=O)OC. The van der Waals surface area contributed by atoms with Crippen molar-refractivity contribution in [2.24, 2.45) is 4.99 Å². The van der Waals surface area contributed by atoms with Gasteiger partial charge in [-0.15, -0.1) is 0 Å². The zero-order valence-electron chi connectivity index (χ0n) is 14.5. The lowest BCUT2D eigenvalue weighted by Gasteiger charge is -2.11. The van der Waals surface area contributed by atoms with Gasteiger partial charge in [-0.05, 0) is 24.3 Å². The molecule has 0 aliphatic carbocycles. The van der Waals surface area contributed by atoms with Gasteiger partial charge in [0, 0.05) is 12.5 Å². The van der Waals surface area contributed by atoms with Crippen molar-refractivity contribution in [3.8, 4) is 11.5 Å². The predicted octanol–water partition coefficient (Wildman–Crippen LogP) is 2.93. The van der Waals surface area contributed by atoms with Gasteiger partial charge >= 0.3 is 6.09 Å². The summed E-state index contributed by atoms with van der Waals surface area (Å²) in [6.45, 7) is 1.68. The number of hydrogen-bond donors (Lipinski definition) is 3. The number of rotatable bonds is 4. The molecule has 136 valence electrons. The molecular formula is C18H20N4O4. The molecular weight excluding hydrogens is 336 g/mol. The fraction of sp³-hybridized carbons (Fsp3) is 0.167. The summed E-state index contributed by atoms with van der Waals surface area (Å²) >= 11 is 0. The smallest absolute Gasteiger partial charge is 0.413 e. The van der Waals surface area contributed by atoms with Crippen molar-refractivity contribution >= 4 is 29.3 Å². The largest absolute Gasteiger partial charge is 0.457 e. The predicted molar refractivity (Wildman–Crippen MR) is 98.4 cm³/mol. The number of anilines is 1. The van der Waals surface area contributed by atoms with Crippen LogP contribution in [-0.4, -0.2) is 25.1 Å². The molecule has 4 N–H and O–H groups in total. The van der Waals surface area contributed by atoms with Crippen molar-refractivity contribution in [3.05, 3.63) is 48.5 Å². The van der Waals surface area contributed by atoms with Gasteiger partial charge in [0.25, 0.3) is 0 Å². The molecule has 2 aromatic rings. The number of hydrogen-bond acceptors (Lipinski definition) is 6. The molecule has 2 amide bonds. The molecule has 0 fully saturated rings. The van der Waals surface area contributed by atoms with Crippen LogP contribution in [0.15, 0.2) is 53.5 Å². The van der Waals surface area contributed by atoms with Gasteiger partial charge in [-0.3, -0.25) is 15.4 Å². The molecule has 0 aliphatic rings. The van der Waals surface area contributed by atoms with E-state index in [9.17, 15) is 9.59 Å². The molecule has 2 aromatic carbocycles. The molecule has 0 unspecified atom stereocenters. The Labute approximate surface area is 151 Å². The number of carbonyl (C=O) groups is 2. The number of nitrogens with one attached hydrogen (secondary N) is 2. The number of alkyl carbamates (subject to hydrolysis) is 1. The van der Waals surface area contributed by atoms with Gasteiger partial charge in [0.05, 0.1) is 18.5 Å². The number of nitrogens with zero attached hydrogens (tertiary/aromatic N) is 1. The van der Waals surface area contributed by atoms with Crippen molar-refractivity contribution in [2.75, 3.05) is 12.8 Å². The van der Waals surface area contributed by atoms with Gasteiger partial charge in [-0.25, -0.2) is 9.79 Å². The fourth-order valence-electron chi connectivity index (χ4n) is 1.90. The van der Waals surface area contributed by atoms with E-state index in [1.54, 1.807) is 25.1 Å². The molecule has 0 bridgehead atoms. The van der Waals surface area contributed by atoms with E-state index >= 15 is 0 Å². The molecule has 0 atom stereocenters. The highest BCUT2D eigenvalue weighted by Crippen LogP contribution is 2.29. The van der Waals surface area contributed by atoms with Gasteiger partial charge < -0.3 is 15.2 Å². The van der Waals surface area contributed by atoms with Crippen molar-refractivity contribution in [3.63, 3.8) is 0 Å². The number of benzene rings is 2. The third-order valence-corrected chi connectivity index (χ3v) is 3.19. The molecule has 0 aliphatic heterocycles. The molecule has 0 saturated carbocycles. The van der Waals surface area contributed by atoms with Crippen LogP contribution >= 0.6 is 0 Å². The maximum Gasteiger partial charge on any atom is 0.413 e. The van der Waals surface area contributed by atoms with E-state index in [1.165, 1.54) is 7.11 Å². The van der Waals surface area contributed by atoms with Crippen molar-refractivity contribution < 1.29 is 19.1 Å². The Bertz CT molecular complexity index is 786. The summed E-state index contributed by atoms with van der Waals surface area (Å²) < 4.78 is 10.2. The minimum absolute atomic E-state index is 0.0767. The Hall–Kier alpha value is -3.55. The summed E-state index contributed by atoms with van der Waals surface area (Å²) in [5.74, 6) is 0.814. The Morgan fingerprint density at radius 2 is 1.81 bits per heavy atom. The highest BCUT2D eigenvalue weighted by atomic mass is 16.5. The van der Waals surface area contributed by atoms with Crippen LogP contribution in [0.5, 0.6) is 11.5 Å². The monoisotopic (exact) mass is 356 g/mol. The second kappa shape index (κ2) is 9.07. The Kier molecular flexibility index (Phi) is 6.55. The average Bonchev–Trinajstić information content (AvgIpc) is 2.64. The zero-order chi connectivity index (χ0) is 18.9. The zero-order valence-corrected chi connectivity index (χ0v) is 14.5. The van der Waals surface area contributed by atoms with Crippen molar-refractivity contribution in [2.45, 2.75) is 13.3 Å². The highest BCUT2D eigenvalue weighted by Gasteiger charge is 2.10. The number of aliphatic imine (C=N–C) groups is 1. The van der Waals surface area contributed by atoms with Crippen LogP contribution in [0.4, 0.5) is 16.2 Å². The summed E-state index contributed by atoms with van der Waals surface area (Å²) in [7, 11) is 1.21. The molecule has 8 heteroatoms. The number of methoxy groups -OCH3 is 1. The third-order valence-electron chi connectivity index (χ3n) is 3.19. The van der Waals surface area contributed by atoms with Gasteiger partial charge in [-0.2, -0.15) is 0 Å². The second-order valence-corrected chi connectivity index (χ2v) is 5.11. The number of nitrogens with two attached hydrogens (primary N) is 1. The standard InChI is InChI=1S/C18H20N4O4/c1-3-16(23)21-17(22-18(24)25-2)20-15-10-9-13(11-14(15)19)26-12-7-5-4-6-8-12/h4-11H,3,19H2,1-2H3,(H2,20,21,22,23,24). The van der Waals surface area contributed by atoms with Crippen LogP contribution in [0.2, 0.25) is 0 Å². The molecule has 8 nitrogen and oxygen atoms in total. The van der Waals surface area contributed by atoms with E-state index in [1.807, 2.05) is 30.3 Å². The minimum atomic E-state index is -0.761. The molecule has 0 heterocycles. The highest BCUT2D eigenvalue weighted by molar-refractivity contribution is 6.04. The van der Waals surface area contributed by atoms with Gasteiger partial charge in [0.15, 0.2) is 0 Å². The van der Waals surface area contributed by atoms with E-state index in [0.29, 0.717) is 22.9 Å². The lowest BCUT2D eigenvalue weighted by Crippen LogP contribution is -2.43. The Morgan fingerprint density at radius 1 is 1.08 bits per heavy atom. The molecule has 26 heavy (non-hydrogen) atoms. The molecule has 0 radical (unpaired) electrons. The van der Waals surface area contributed by atoms with Crippen LogP contribution in [0.25, 0.3) is 0 Å². The van der Waals surface area contributed by atoms with E-state index < -0.39 is 6.09 Å². The first kappa shape index (κ1) is 18.8. The van der Waals surface area contributed by atoms with Crippen LogP contribution in [-0.2, 0) is 9.53 Å². The lowest BCUT2D eigenvalue weighted by atomic mass is 10.2. The van der Waals surface area contributed by atoms with Crippen LogP contribution in [0.1, 0.15) is 13.3 Å². The first-order valence-corrected chi connectivity index (χ1v) is 7.87. The van der Waals surface area contributed by atoms with Gasteiger partial charge in [0.1, 0.15) is 11.5 Å². The maximum atomic E-state index is 11.6. The minimum Gasteiger partial charge on any atom is -0.457 e. The number of nitrogen functional groups attached to an aromatic ring is 1. The van der Waals surface area contributed by atoms with Crippen LogP contribution in [0.3, 0.4) is 0 Å². The van der Waals surface area contributed by atoms with Gasteiger partial charge in [0.2, 0.25) is 11.9 Å². The van der Waals surface area contributed by atoms with E-state index in [0.717, 1.165) is 0 Å². The number of guanidine groups is 1. The quantitative estimate of drug-likeness (QED) is 0.443. The normalized spacial score (nSPS) is 10.8. The number of para-hydroxylation sites is 1. The number of carbonyl (C=O) groups excluding carboxylic acids is 2. The molecule has 0 saturated heterocycles. The van der Waals surface area contributed by atoms with Gasteiger partial charge in [-0.1, -0.05) is 25.1 Å². The topological polar surface area (TPSA) is 115 Å². The van der Waals surface area contributed by atoms with Crippen LogP contribution < -0.4 is 21.1 Å². The Balaban J connectivity index is 2.22. The number of ether oxygens (including phenoxy) is 2. The first-order chi connectivity index (χ1) is 12.5. The molecule has 0 aromatic heterocycles. The average molecular weight is 356 g/mol. The second-order valence-electron chi connectivity index (χ2n) is 5.11. The summed E-state index contributed by atoms with van der Waals surface area (Å²) in [6.07, 6.45) is -0.538. The Morgan fingerprint density at radius 3 is 2.42 bits per heavy atom.